The summed E-state index contributed by atoms with van der Waals surface area (Å²) in [4.78, 5) is 4.55. The summed E-state index contributed by atoms with van der Waals surface area (Å²) >= 11 is 5.86. The fraction of sp³-hybridized carbons (Fsp3) is 0.385. The van der Waals surface area contributed by atoms with Crippen molar-refractivity contribution in [2.75, 3.05) is 6.61 Å². The molecule has 1 aliphatic heterocycles. The highest BCUT2D eigenvalue weighted by Crippen LogP contribution is 2.23. The molecule has 0 bridgehead atoms. The highest BCUT2D eigenvalue weighted by atomic mass is 35.5. The maximum atomic E-state index is 9.19. The van der Waals surface area contributed by atoms with Crippen LogP contribution in [0.2, 0.25) is 5.02 Å². The number of fused-ring (bicyclic) bond motifs is 1. The van der Waals surface area contributed by atoms with Crippen molar-refractivity contribution in [1.82, 2.24) is 14.8 Å². The van der Waals surface area contributed by atoms with Gasteiger partial charge in [-0.25, -0.2) is 9.67 Å². The number of halogens is 1. The molecule has 0 saturated carbocycles. The number of aliphatic hydroxyl groups is 1. The molecule has 18 heavy (non-hydrogen) atoms. The van der Waals surface area contributed by atoms with Gasteiger partial charge in [-0.05, 0) is 30.7 Å². The lowest BCUT2D eigenvalue weighted by Crippen LogP contribution is -2.23. The summed E-state index contributed by atoms with van der Waals surface area (Å²) in [6, 6.07) is 7.53. The van der Waals surface area contributed by atoms with Gasteiger partial charge in [-0.2, -0.15) is 5.10 Å². The first-order valence-electron chi connectivity index (χ1n) is 6.07. The van der Waals surface area contributed by atoms with Crippen LogP contribution in [-0.4, -0.2) is 26.5 Å². The van der Waals surface area contributed by atoms with Gasteiger partial charge in [0.15, 0.2) is 5.82 Å². The van der Waals surface area contributed by atoms with Crippen LogP contribution in [0.25, 0.3) is 11.4 Å². The van der Waals surface area contributed by atoms with Gasteiger partial charge < -0.3 is 5.11 Å². The second-order valence-corrected chi connectivity index (χ2v) is 5.06. The largest absolute Gasteiger partial charge is 0.396 e. The maximum absolute atomic E-state index is 9.19. The van der Waals surface area contributed by atoms with Crippen molar-refractivity contribution in [1.29, 1.82) is 0 Å². The normalized spacial score (nSPS) is 18.7. The number of aromatic nitrogens is 3. The van der Waals surface area contributed by atoms with Crippen LogP contribution in [-0.2, 0) is 13.0 Å². The third-order valence-electron chi connectivity index (χ3n) is 3.32. The Morgan fingerprint density at radius 2 is 2.11 bits per heavy atom. The Morgan fingerprint density at radius 3 is 2.83 bits per heavy atom. The Balaban J connectivity index is 1.91. The topological polar surface area (TPSA) is 50.9 Å². The first kappa shape index (κ1) is 11.7. The zero-order chi connectivity index (χ0) is 12.5. The van der Waals surface area contributed by atoms with E-state index in [9.17, 15) is 5.11 Å². The molecule has 1 N–H and O–H groups in total. The van der Waals surface area contributed by atoms with Gasteiger partial charge in [-0.15, -0.1) is 0 Å². The Hall–Kier alpha value is -1.39. The highest BCUT2D eigenvalue weighted by Gasteiger charge is 2.21. The fourth-order valence-electron chi connectivity index (χ4n) is 2.24. The van der Waals surface area contributed by atoms with Crippen molar-refractivity contribution in [3.63, 3.8) is 0 Å². The fourth-order valence-corrected chi connectivity index (χ4v) is 2.37. The predicted molar refractivity (Wildman–Crippen MR) is 69.4 cm³/mol. The molecule has 0 amide bonds. The minimum Gasteiger partial charge on any atom is -0.396 e. The third kappa shape index (κ3) is 2.13. The van der Waals surface area contributed by atoms with E-state index in [-0.39, 0.29) is 6.61 Å². The maximum Gasteiger partial charge on any atom is 0.181 e. The van der Waals surface area contributed by atoms with Gasteiger partial charge in [0.25, 0.3) is 0 Å². The van der Waals surface area contributed by atoms with E-state index in [0.717, 1.165) is 36.6 Å². The Kier molecular flexibility index (Phi) is 3.06. The molecule has 0 spiro atoms. The van der Waals surface area contributed by atoms with Gasteiger partial charge >= 0.3 is 0 Å². The standard InChI is InChI=1S/C13H14ClN3O/c14-11-4-2-10(3-5-11)13-15-12-6-1-9(8-18)7-17(12)16-13/h2-5,9,18H,1,6-8H2. The van der Waals surface area contributed by atoms with Crippen LogP contribution in [0.3, 0.4) is 0 Å². The van der Waals surface area contributed by atoms with Crippen molar-refractivity contribution in [3.8, 4) is 11.4 Å². The van der Waals surface area contributed by atoms with E-state index in [1.807, 2.05) is 28.9 Å². The van der Waals surface area contributed by atoms with Crippen molar-refractivity contribution >= 4 is 11.6 Å². The average Bonchev–Trinajstić information content (AvgIpc) is 2.82. The summed E-state index contributed by atoms with van der Waals surface area (Å²) in [5.41, 5.74) is 0.974. The Bertz CT molecular complexity index is 550. The van der Waals surface area contributed by atoms with Gasteiger partial charge in [-0.1, -0.05) is 11.6 Å². The molecule has 1 unspecified atom stereocenters. The van der Waals surface area contributed by atoms with Crippen LogP contribution in [0.4, 0.5) is 0 Å². The number of hydrogen-bond acceptors (Lipinski definition) is 3. The van der Waals surface area contributed by atoms with Gasteiger partial charge in [0.05, 0.1) is 0 Å². The molecule has 1 aromatic heterocycles. The van der Waals surface area contributed by atoms with Crippen molar-refractivity contribution in [3.05, 3.63) is 35.1 Å². The second kappa shape index (κ2) is 4.71. The molecule has 3 rings (SSSR count). The first-order valence-corrected chi connectivity index (χ1v) is 6.44. The number of benzene rings is 1. The second-order valence-electron chi connectivity index (χ2n) is 4.63. The molecule has 2 heterocycles. The van der Waals surface area contributed by atoms with E-state index >= 15 is 0 Å². The van der Waals surface area contributed by atoms with E-state index in [2.05, 4.69) is 10.1 Å². The van der Waals surface area contributed by atoms with E-state index in [1.54, 1.807) is 0 Å². The molecule has 1 atom stereocenters. The van der Waals surface area contributed by atoms with Crippen molar-refractivity contribution < 1.29 is 5.11 Å². The number of aryl methyl sites for hydroxylation is 1. The molecular formula is C13H14ClN3O. The molecule has 1 aliphatic rings. The minimum absolute atomic E-state index is 0.218. The van der Waals surface area contributed by atoms with E-state index < -0.39 is 0 Å². The molecule has 4 nitrogen and oxygen atoms in total. The van der Waals surface area contributed by atoms with Crippen LogP contribution in [0.15, 0.2) is 24.3 Å². The Labute approximate surface area is 110 Å². The molecule has 1 aromatic carbocycles. The molecule has 0 fully saturated rings. The number of rotatable bonds is 2. The highest BCUT2D eigenvalue weighted by molar-refractivity contribution is 6.30. The summed E-state index contributed by atoms with van der Waals surface area (Å²) in [6.45, 7) is 0.974. The zero-order valence-corrected chi connectivity index (χ0v) is 10.6. The average molecular weight is 264 g/mol. The van der Waals surface area contributed by atoms with Gasteiger partial charge in [0, 0.05) is 36.1 Å². The van der Waals surface area contributed by atoms with Crippen LogP contribution in [0.5, 0.6) is 0 Å². The number of aliphatic hydroxyl groups excluding tert-OH is 1. The molecule has 94 valence electrons. The van der Waals surface area contributed by atoms with Gasteiger partial charge in [0.1, 0.15) is 5.82 Å². The van der Waals surface area contributed by atoms with E-state index in [1.165, 1.54) is 0 Å². The molecule has 2 aromatic rings. The minimum atomic E-state index is 0.218. The van der Waals surface area contributed by atoms with Crippen LogP contribution < -0.4 is 0 Å². The van der Waals surface area contributed by atoms with Crippen LogP contribution in [0, 0.1) is 5.92 Å². The lowest BCUT2D eigenvalue weighted by Gasteiger charge is -2.19. The molecular weight excluding hydrogens is 250 g/mol. The van der Waals surface area contributed by atoms with Crippen molar-refractivity contribution in [2.45, 2.75) is 19.4 Å². The summed E-state index contributed by atoms with van der Waals surface area (Å²) < 4.78 is 1.91. The first-order chi connectivity index (χ1) is 8.76. The van der Waals surface area contributed by atoms with Crippen molar-refractivity contribution in [2.24, 2.45) is 5.92 Å². The van der Waals surface area contributed by atoms with Crippen LogP contribution in [0.1, 0.15) is 12.2 Å². The van der Waals surface area contributed by atoms with E-state index in [0.29, 0.717) is 10.9 Å². The third-order valence-corrected chi connectivity index (χ3v) is 3.57. The SMILES string of the molecule is OCC1CCc2nc(-c3ccc(Cl)cc3)nn2C1. The van der Waals surface area contributed by atoms with Gasteiger partial charge in [-0.3, -0.25) is 0 Å². The molecule has 0 aliphatic carbocycles. The number of nitrogens with zero attached hydrogens (tertiary/aromatic N) is 3. The molecule has 0 radical (unpaired) electrons. The summed E-state index contributed by atoms with van der Waals surface area (Å²) in [7, 11) is 0. The lowest BCUT2D eigenvalue weighted by molar-refractivity contribution is 0.185. The monoisotopic (exact) mass is 263 g/mol. The predicted octanol–water partition coefficient (Wildman–Crippen LogP) is 2.15. The Morgan fingerprint density at radius 1 is 1.33 bits per heavy atom. The lowest BCUT2D eigenvalue weighted by atomic mass is 10.0. The number of hydrogen-bond donors (Lipinski definition) is 1. The van der Waals surface area contributed by atoms with E-state index in [4.69, 9.17) is 11.6 Å². The quantitative estimate of drug-likeness (QED) is 0.903. The molecule has 0 saturated heterocycles. The molecule has 5 heteroatoms. The zero-order valence-electron chi connectivity index (χ0n) is 9.88. The van der Waals surface area contributed by atoms with Crippen LogP contribution >= 0.6 is 11.6 Å². The summed E-state index contributed by atoms with van der Waals surface area (Å²) in [5.74, 6) is 2.04. The summed E-state index contributed by atoms with van der Waals surface area (Å²) in [6.07, 6.45) is 1.86. The summed E-state index contributed by atoms with van der Waals surface area (Å²) in [5, 5.41) is 14.4. The van der Waals surface area contributed by atoms with Gasteiger partial charge in [0.2, 0.25) is 0 Å². The smallest absolute Gasteiger partial charge is 0.181 e.